The molecule has 2 N–H and O–H groups in total. The van der Waals surface area contributed by atoms with Crippen molar-refractivity contribution in [3.8, 4) is 0 Å². The summed E-state index contributed by atoms with van der Waals surface area (Å²) in [6.07, 6.45) is 0.974. The first-order valence-corrected chi connectivity index (χ1v) is 6.72. The van der Waals surface area contributed by atoms with Crippen LogP contribution in [0.15, 0.2) is 18.2 Å². The first-order chi connectivity index (χ1) is 9.00. The van der Waals surface area contributed by atoms with Crippen LogP contribution in [0.2, 0.25) is 0 Å². The van der Waals surface area contributed by atoms with Crippen LogP contribution in [-0.2, 0) is 4.79 Å². The number of carbonyl (C=O) groups is 1. The lowest BCUT2D eigenvalue weighted by molar-refractivity contribution is -0.119. The lowest BCUT2D eigenvalue weighted by atomic mass is 10.1. The highest BCUT2D eigenvalue weighted by molar-refractivity contribution is 5.81. The molecule has 19 heavy (non-hydrogen) atoms. The number of hydrogen-bond acceptors (Lipinski definition) is 3. The van der Waals surface area contributed by atoms with Crippen LogP contribution in [0.4, 0.5) is 5.69 Å². The molecule has 0 atom stereocenters. The zero-order valence-electron chi connectivity index (χ0n) is 12.4. The predicted molar refractivity (Wildman–Crippen MR) is 80.6 cm³/mol. The smallest absolute Gasteiger partial charge is 0.239 e. The second-order valence-corrected chi connectivity index (χ2v) is 5.13. The minimum atomic E-state index is 0.0430. The van der Waals surface area contributed by atoms with Gasteiger partial charge in [0.15, 0.2) is 0 Å². The van der Waals surface area contributed by atoms with Crippen molar-refractivity contribution >= 4 is 11.6 Å². The molecule has 0 saturated carbocycles. The van der Waals surface area contributed by atoms with Gasteiger partial charge in [-0.1, -0.05) is 18.2 Å². The summed E-state index contributed by atoms with van der Waals surface area (Å²) in [5.41, 5.74) is 3.40. The van der Waals surface area contributed by atoms with Gasteiger partial charge in [-0.25, -0.2) is 0 Å². The number of amides is 1. The minimum absolute atomic E-state index is 0.0430. The Kier molecular flexibility index (Phi) is 6.36. The summed E-state index contributed by atoms with van der Waals surface area (Å²) in [6, 6.07) is 6.12. The van der Waals surface area contributed by atoms with E-state index >= 15 is 0 Å². The maximum Gasteiger partial charge on any atom is 0.239 e. The Bertz CT molecular complexity index is 396. The first kappa shape index (κ1) is 15.5. The Balaban J connectivity index is 2.30. The van der Waals surface area contributed by atoms with Gasteiger partial charge in [-0.05, 0) is 52.0 Å². The SMILES string of the molecule is Cc1cccc(C)c1NCC(=O)NCCCN(C)C. The van der Waals surface area contributed by atoms with Gasteiger partial charge in [0.05, 0.1) is 6.54 Å². The molecule has 1 aromatic carbocycles. The lowest BCUT2D eigenvalue weighted by Crippen LogP contribution is -2.32. The molecule has 0 heterocycles. The van der Waals surface area contributed by atoms with Crippen molar-refractivity contribution in [2.75, 3.05) is 39.0 Å². The van der Waals surface area contributed by atoms with Crippen molar-refractivity contribution < 1.29 is 4.79 Å². The fourth-order valence-corrected chi connectivity index (χ4v) is 1.95. The van der Waals surface area contributed by atoms with Crippen molar-refractivity contribution in [3.05, 3.63) is 29.3 Å². The van der Waals surface area contributed by atoms with E-state index in [4.69, 9.17) is 0 Å². The summed E-state index contributed by atoms with van der Waals surface area (Å²) in [4.78, 5) is 13.8. The number of anilines is 1. The molecule has 0 spiro atoms. The quantitative estimate of drug-likeness (QED) is 0.737. The highest BCUT2D eigenvalue weighted by Crippen LogP contribution is 2.18. The van der Waals surface area contributed by atoms with E-state index in [0.717, 1.165) is 25.2 Å². The van der Waals surface area contributed by atoms with Crippen molar-refractivity contribution in [3.63, 3.8) is 0 Å². The van der Waals surface area contributed by atoms with Crippen LogP contribution in [0.1, 0.15) is 17.5 Å². The first-order valence-electron chi connectivity index (χ1n) is 6.72. The second-order valence-electron chi connectivity index (χ2n) is 5.13. The molecular weight excluding hydrogens is 238 g/mol. The van der Waals surface area contributed by atoms with E-state index in [9.17, 15) is 4.79 Å². The van der Waals surface area contributed by atoms with Crippen LogP contribution in [0, 0.1) is 13.8 Å². The van der Waals surface area contributed by atoms with E-state index in [2.05, 4.69) is 15.5 Å². The van der Waals surface area contributed by atoms with Crippen LogP contribution < -0.4 is 10.6 Å². The number of benzene rings is 1. The summed E-state index contributed by atoms with van der Waals surface area (Å²) in [5.74, 6) is 0.0430. The Hall–Kier alpha value is -1.55. The van der Waals surface area contributed by atoms with Crippen LogP contribution >= 0.6 is 0 Å². The average Bonchev–Trinajstić information content (AvgIpc) is 2.34. The monoisotopic (exact) mass is 263 g/mol. The second kappa shape index (κ2) is 7.79. The summed E-state index contributed by atoms with van der Waals surface area (Å²) < 4.78 is 0. The zero-order chi connectivity index (χ0) is 14.3. The number of carbonyl (C=O) groups excluding carboxylic acids is 1. The van der Waals surface area contributed by atoms with Crippen LogP contribution in [0.5, 0.6) is 0 Å². The third kappa shape index (κ3) is 5.75. The van der Waals surface area contributed by atoms with Gasteiger partial charge in [0.25, 0.3) is 0 Å². The molecule has 4 nitrogen and oxygen atoms in total. The molecule has 106 valence electrons. The fourth-order valence-electron chi connectivity index (χ4n) is 1.95. The van der Waals surface area contributed by atoms with Gasteiger partial charge in [-0.2, -0.15) is 0 Å². The van der Waals surface area contributed by atoms with Gasteiger partial charge in [-0.3, -0.25) is 4.79 Å². The van der Waals surface area contributed by atoms with Crippen LogP contribution in [0.3, 0.4) is 0 Å². The number of hydrogen-bond donors (Lipinski definition) is 2. The van der Waals surface area contributed by atoms with E-state index < -0.39 is 0 Å². The number of aryl methyl sites for hydroxylation is 2. The molecule has 1 aromatic rings. The largest absolute Gasteiger partial charge is 0.376 e. The number of rotatable bonds is 7. The Morgan fingerprint density at radius 1 is 1.21 bits per heavy atom. The number of nitrogens with zero attached hydrogens (tertiary/aromatic N) is 1. The molecule has 0 saturated heterocycles. The maximum atomic E-state index is 11.7. The van der Waals surface area contributed by atoms with E-state index in [-0.39, 0.29) is 5.91 Å². The standard InChI is InChI=1S/C15H25N3O/c1-12-7-5-8-13(2)15(12)17-11-14(19)16-9-6-10-18(3)4/h5,7-8,17H,6,9-11H2,1-4H3,(H,16,19). The Morgan fingerprint density at radius 3 is 2.42 bits per heavy atom. The lowest BCUT2D eigenvalue weighted by Gasteiger charge is -2.13. The molecule has 0 aromatic heterocycles. The minimum Gasteiger partial charge on any atom is -0.376 e. The Morgan fingerprint density at radius 2 is 1.84 bits per heavy atom. The summed E-state index contributed by atoms with van der Waals surface area (Å²) in [7, 11) is 4.06. The van der Waals surface area contributed by atoms with Gasteiger partial charge >= 0.3 is 0 Å². The topological polar surface area (TPSA) is 44.4 Å². The van der Waals surface area contributed by atoms with Crippen molar-refractivity contribution in [1.29, 1.82) is 0 Å². The highest BCUT2D eigenvalue weighted by Gasteiger charge is 2.04. The molecule has 0 radical (unpaired) electrons. The summed E-state index contributed by atoms with van der Waals surface area (Å²) in [6.45, 7) is 6.14. The van der Waals surface area contributed by atoms with E-state index in [1.54, 1.807) is 0 Å². The predicted octanol–water partition coefficient (Wildman–Crippen LogP) is 1.78. The molecule has 0 fully saturated rings. The number of nitrogens with one attached hydrogen (secondary N) is 2. The normalized spacial score (nSPS) is 10.6. The third-order valence-electron chi connectivity index (χ3n) is 3.01. The molecule has 0 aliphatic rings. The van der Waals surface area contributed by atoms with Gasteiger partial charge in [0.2, 0.25) is 5.91 Å². The molecule has 1 rings (SSSR count). The molecule has 0 unspecified atom stereocenters. The molecule has 0 bridgehead atoms. The highest BCUT2D eigenvalue weighted by atomic mass is 16.1. The van der Waals surface area contributed by atoms with Gasteiger partial charge in [0.1, 0.15) is 0 Å². The molecule has 1 amide bonds. The average molecular weight is 263 g/mol. The van der Waals surface area contributed by atoms with E-state index in [1.165, 1.54) is 11.1 Å². The van der Waals surface area contributed by atoms with Crippen LogP contribution in [0.25, 0.3) is 0 Å². The molecular formula is C15H25N3O. The maximum absolute atomic E-state index is 11.7. The van der Waals surface area contributed by atoms with E-state index in [1.807, 2.05) is 46.1 Å². The molecule has 4 heteroatoms. The molecule has 0 aliphatic heterocycles. The molecule has 0 aliphatic carbocycles. The van der Waals surface area contributed by atoms with E-state index in [0.29, 0.717) is 6.54 Å². The fraction of sp³-hybridized carbons (Fsp3) is 0.533. The van der Waals surface area contributed by atoms with Crippen molar-refractivity contribution in [2.45, 2.75) is 20.3 Å². The summed E-state index contributed by atoms with van der Waals surface area (Å²) in [5, 5.41) is 6.13. The van der Waals surface area contributed by atoms with Gasteiger partial charge < -0.3 is 15.5 Å². The van der Waals surface area contributed by atoms with Gasteiger partial charge in [0, 0.05) is 12.2 Å². The summed E-state index contributed by atoms with van der Waals surface area (Å²) >= 11 is 0. The van der Waals surface area contributed by atoms with Crippen molar-refractivity contribution in [1.82, 2.24) is 10.2 Å². The van der Waals surface area contributed by atoms with Crippen molar-refractivity contribution in [2.24, 2.45) is 0 Å². The van der Waals surface area contributed by atoms with Crippen LogP contribution in [-0.4, -0.2) is 44.5 Å². The zero-order valence-corrected chi connectivity index (χ0v) is 12.4. The third-order valence-corrected chi connectivity index (χ3v) is 3.01. The van der Waals surface area contributed by atoms with Gasteiger partial charge in [-0.15, -0.1) is 0 Å². The Labute approximate surface area is 116 Å². The number of para-hydroxylation sites is 1.